The summed E-state index contributed by atoms with van der Waals surface area (Å²) in [6, 6.07) is -0.707. The standard InChI is InChI=1S/C16H30N4O5S/c1-9-13(3-4-21)26-8-20(9)7-11-6-17-10(2)18-15(11)19-12(16(24)25)5-14(22)23/h9-13,15,17-19,21H,3-8H2,1-2H3,(H,22,23)(H,24,25)/p+1/t9?,10?,11?,12-,13?,15?/m0/s1. The Morgan fingerprint density at radius 2 is 2.08 bits per heavy atom. The maximum absolute atomic E-state index is 11.4. The van der Waals surface area contributed by atoms with Gasteiger partial charge in [0.15, 0.2) is 0 Å². The monoisotopic (exact) mass is 391 g/mol. The summed E-state index contributed by atoms with van der Waals surface area (Å²) in [5, 5.41) is 37.6. The number of rotatable bonds is 9. The lowest BCUT2D eigenvalue weighted by atomic mass is 9.99. The van der Waals surface area contributed by atoms with Crippen molar-refractivity contribution in [3.63, 3.8) is 0 Å². The zero-order valence-corrected chi connectivity index (χ0v) is 16.1. The Morgan fingerprint density at radius 1 is 1.35 bits per heavy atom. The van der Waals surface area contributed by atoms with Crippen molar-refractivity contribution in [2.75, 3.05) is 25.6 Å². The molecule has 2 heterocycles. The topological polar surface area (TPSA) is 135 Å². The highest BCUT2D eigenvalue weighted by molar-refractivity contribution is 7.99. The van der Waals surface area contributed by atoms with E-state index in [1.54, 1.807) is 0 Å². The predicted octanol–water partition coefficient (Wildman–Crippen LogP) is -2.29. The smallest absolute Gasteiger partial charge is 0.321 e. The van der Waals surface area contributed by atoms with Gasteiger partial charge in [-0.3, -0.25) is 20.2 Å². The van der Waals surface area contributed by atoms with Gasteiger partial charge in [-0.2, -0.15) is 0 Å². The third-order valence-electron chi connectivity index (χ3n) is 5.27. The van der Waals surface area contributed by atoms with Crippen molar-refractivity contribution < 1.29 is 29.8 Å². The van der Waals surface area contributed by atoms with Gasteiger partial charge >= 0.3 is 11.9 Å². The summed E-state index contributed by atoms with van der Waals surface area (Å²) in [7, 11) is 0. The first kappa shape index (κ1) is 21.4. The number of thioether (sulfide) groups is 1. The highest BCUT2D eigenvalue weighted by atomic mass is 32.2. The number of hydrogen-bond acceptors (Lipinski definition) is 7. The van der Waals surface area contributed by atoms with Crippen LogP contribution < -0.4 is 20.9 Å². The molecule has 2 aliphatic rings. The van der Waals surface area contributed by atoms with Crippen LogP contribution >= 0.6 is 11.8 Å². The molecule has 26 heavy (non-hydrogen) atoms. The summed E-state index contributed by atoms with van der Waals surface area (Å²) in [6.07, 6.45) is 0.0806. The molecule has 7 atom stereocenters. The van der Waals surface area contributed by atoms with E-state index in [4.69, 9.17) is 5.11 Å². The molecule has 0 amide bonds. The number of carboxylic acid groups (broad SMARTS) is 2. The van der Waals surface area contributed by atoms with Gasteiger partial charge in [-0.1, -0.05) is 11.8 Å². The van der Waals surface area contributed by atoms with Crippen LogP contribution in [0.2, 0.25) is 0 Å². The lowest BCUT2D eigenvalue weighted by molar-refractivity contribution is -0.909. The van der Waals surface area contributed by atoms with E-state index in [0.29, 0.717) is 11.3 Å². The molecule has 2 fully saturated rings. The first-order chi connectivity index (χ1) is 12.3. The molecule has 0 aromatic rings. The van der Waals surface area contributed by atoms with Gasteiger partial charge in [0.1, 0.15) is 11.9 Å². The zero-order chi connectivity index (χ0) is 19.3. The van der Waals surface area contributed by atoms with Crippen LogP contribution in [0.5, 0.6) is 0 Å². The van der Waals surface area contributed by atoms with Gasteiger partial charge in [0.05, 0.1) is 36.6 Å². The quantitative estimate of drug-likeness (QED) is 0.232. The minimum absolute atomic E-state index is 0.0190. The van der Waals surface area contributed by atoms with Crippen LogP contribution in [0.3, 0.4) is 0 Å². The Labute approximate surface area is 157 Å². The van der Waals surface area contributed by atoms with Crippen molar-refractivity contribution in [3.05, 3.63) is 0 Å². The van der Waals surface area contributed by atoms with E-state index in [0.717, 1.165) is 25.4 Å². The fourth-order valence-electron chi connectivity index (χ4n) is 3.69. The third-order valence-corrected chi connectivity index (χ3v) is 6.88. The normalized spacial score (nSPS) is 36.0. The second kappa shape index (κ2) is 9.86. The second-order valence-corrected chi connectivity index (χ2v) is 8.43. The van der Waals surface area contributed by atoms with Crippen LogP contribution in [0.25, 0.3) is 0 Å². The Kier molecular flexibility index (Phi) is 8.11. The number of carboxylic acids is 2. The Hall–Kier alpha value is -0.910. The van der Waals surface area contributed by atoms with Crippen LogP contribution in [0, 0.1) is 5.92 Å². The Balaban J connectivity index is 2.00. The molecule has 2 aliphatic heterocycles. The van der Waals surface area contributed by atoms with E-state index < -0.39 is 24.4 Å². The first-order valence-electron chi connectivity index (χ1n) is 9.09. The third kappa shape index (κ3) is 5.80. The van der Waals surface area contributed by atoms with Gasteiger partial charge in [0.2, 0.25) is 0 Å². The Morgan fingerprint density at radius 3 is 2.69 bits per heavy atom. The highest BCUT2D eigenvalue weighted by Crippen LogP contribution is 2.20. The molecule has 0 spiro atoms. The van der Waals surface area contributed by atoms with Crippen LogP contribution in [-0.2, 0) is 9.59 Å². The number of quaternary nitrogens is 1. The van der Waals surface area contributed by atoms with Gasteiger partial charge in [-0.25, -0.2) is 0 Å². The minimum atomic E-state index is -1.15. The van der Waals surface area contributed by atoms with Crippen molar-refractivity contribution in [1.29, 1.82) is 0 Å². The van der Waals surface area contributed by atoms with E-state index in [2.05, 4.69) is 22.9 Å². The van der Waals surface area contributed by atoms with Gasteiger partial charge in [0.25, 0.3) is 0 Å². The molecular formula is C16H31N4O5S+. The molecule has 7 N–H and O–H groups in total. The van der Waals surface area contributed by atoms with Crippen LogP contribution in [0.15, 0.2) is 0 Å². The Bertz CT molecular complexity index is 497. The summed E-state index contributed by atoms with van der Waals surface area (Å²) >= 11 is 1.87. The highest BCUT2D eigenvalue weighted by Gasteiger charge is 2.40. The predicted molar refractivity (Wildman–Crippen MR) is 97.9 cm³/mol. The summed E-state index contributed by atoms with van der Waals surface area (Å²) in [5.41, 5.74) is 0. The van der Waals surface area contributed by atoms with Crippen molar-refractivity contribution >= 4 is 23.7 Å². The van der Waals surface area contributed by atoms with E-state index >= 15 is 0 Å². The van der Waals surface area contributed by atoms with E-state index in [-0.39, 0.29) is 24.9 Å². The second-order valence-electron chi connectivity index (χ2n) is 7.20. The number of carbonyl (C=O) groups is 2. The number of hydrogen-bond donors (Lipinski definition) is 7. The zero-order valence-electron chi connectivity index (χ0n) is 15.3. The van der Waals surface area contributed by atoms with Crippen molar-refractivity contribution in [2.24, 2.45) is 5.92 Å². The molecule has 2 rings (SSSR count). The van der Waals surface area contributed by atoms with E-state index in [1.807, 2.05) is 18.7 Å². The summed E-state index contributed by atoms with van der Waals surface area (Å²) in [6.45, 7) is 5.92. The lowest BCUT2D eigenvalue weighted by Crippen LogP contribution is -3.15. The summed E-state index contributed by atoms with van der Waals surface area (Å²) in [4.78, 5) is 23.8. The molecule has 0 bridgehead atoms. The molecule has 9 nitrogen and oxygen atoms in total. The van der Waals surface area contributed by atoms with Crippen molar-refractivity contribution in [3.8, 4) is 0 Å². The number of aliphatic hydroxyl groups is 1. The maximum atomic E-state index is 11.4. The molecule has 0 radical (unpaired) electrons. The summed E-state index contributed by atoms with van der Waals surface area (Å²) in [5.74, 6) is -1.19. The molecule has 0 aliphatic carbocycles. The molecule has 10 heteroatoms. The molecule has 0 saturated carbocycles. The largest absolute Gasteiger partial charge is 0.481 e. The maximum Gasteiger partial charge on any atom is 0.321 e. The molecular weight excluding hydrogens is 360 g/mol. The fourth-order valence-corrected chi connectivity index (χ4v) is 5.25. The average Bonchev–Trinajstić information content (AvgIpc) is 2.90. The van der Waals surface area contributed by atoms with Crippen LogP contribution in [-0.4, -0.2) is 82.5 Å². The lowest BCUT2D eigenvalue weighted by Gasteiger charge is -2.39. The van der Waals surface area contributed by atoms with Crippen LogP contribution in [0.4, 0.5) is 0 Å². The van der Waals surface area contributed by atoms with Crippen molar-refractivity contribution in [1.82, 2.24) is 16.0 Å². The van der Waals surface area contributed by atoms with Crippen LogP contribution in [0.1, 0.15) is 26.7 Å². The number of aliphatic carboxylic acids is 2. The molecule has 0 aromatic carbocycles. The van der Waals surface area contributed by atoms with Crippen molar-refractivity contribution in [2.45, 2.75) is 56.4 Å². The number of nitrogens with one attached hydrogen (secondary N) is 4. The van der Waals surface area contributed by atoms with Gasteiger partial charge in [0, 0.05) is 19.1 Å². The van der Waals surface area contributed by atoms with E-state index in [9.17, 15) is 19.8 Å². The van der Waals surface area contributed by atoms with Gasteiger partial charge in [-0.15, -0.1) is 0 Å². The molecule has 2 saturated heterocycles. The summed E-state index contributed by atoms with van der Waals surface area (Å²) < 4.78 is 0. The van der Waals surface area contributed by atoms with E-state index in [1.165, 1.54) is 4.90 Å². The molecule has 0 aromatic heterocycles. The fraction of sp³-hybridized carbons (Fsp3) is 0.875. The number of aliphatic hydroxyl groups excluding tert-OH is 1. The van der Waals surface area contributed by atoms with Gasteiger partial charge in [-0.05, 0) is 20.3 Å². The first-order valence-corrected chi connectivity index (χ1v) is 10.1. The average molecular weight is 392 g/mol. The molecule has 150 valence electrons. The van der Waals surface area contributed by atoms with Gasteiger partial charge < -0.3 is 25.5 Å². The molecule has 6 unspecified atom stereocenters. The minimum Gasteiger partial charge on any atom is -0.481 e. The SMILES string of the molecule is CC1NCC(C[NH+]2CSC(CCO)C2C)C(N[C@@H](CC(=O)O)C(=O)O)N1.